The van der Waals surface area contributed by atoms with Gasteiger partial charge < -0.3 is 10.0 Å². The fourth-order valence-electron chi connectivity index (χ4n) is 2.31. The number of carboxylic acid groups (broad SMARTS) is 1. The molecule has 18 heavy (non-hydrogen) atoms. The number of likely N-dealkylation sites (tertiary alicyclic amines) is 1. The number of aromatic nitrogens is 3. The molecule has 2 heterocycles. The van der Waals surface area contributed by atoms with E-state index >= 15 is 0 Å². The number of hydrogen-bond donors (Lipinski definition) is 1. The van der Waals surface area contributed by atoms with Crippen molar-refractivity contribution in [1.82, 2.24) is 19.7 Å². The van der Waals surface area contributed by atoms with Gasteiger partial charge in [0.1, 0.15) is 18.7 Å². The first-order chi connectivity index (χ1) is 8.59. The fraction of sp³-hybridized carbons (Fsp3) is 0.636. The third kappa shape index (κ3) is 2.49. The van der Waals surface area contributed by atoms with Crippen molar-refractivity contribution in [1.29, 1.82) is 0 Å². The van der Waals surface area contributed by atoms with E-state index in [1.807, 2.05) is 6.92 Å². The molecule has 1 N–H and O–H groups in total. The predicted molar refractivity (Wildman–Crippen MR) is 61.6 cm³/mol. The molecule has 1 aliphatic heterocycles. The van der Waals surface area contributed by atoms with Crippen LogP contribution < -0.4 is 0 Å². The lowest BCUT2D eigenvalue weighted by atomic mass is 10.0. The molecule has 1 aromatic heterocycles. The van der Waals surface area contributed by atoms with Gasteiger partial charge >= 0.3 is 5.97 Å². The number of rotatable bonds is 4. The molecule has 0 saturated carbocycles. The van der Waals surface area contributed by atoms with Crippen LogP contribution in [0.4, 0.5) is 0 Å². The molecule has 0 aliphatic carbocycles. The molecule has 1 aromatic rings. The molecule has 1 saturated heterocycles. The van der Waals surface area contributed by atoms with E-state index in [4.69, 9.17) is 5.11 Å². The van der Waals surface area contributed by atoms with E-state index in [9.17, 15) is 9.59 Å². The number of carboxylic acids is 1. The second-order valence-corrected chi connectivity index (χ2v) is 4.54. The van der Waals surface area contributed by atoms with E-state index in [-0.39, 0.29) is 18.2 Å². The SMILES string of the molecule is CC1CCN(C(=O)CCn2cncn2)C1C(=O)O. The number of aliphatic carboxylic acids is 1. The van der Waals surface area contributed by atoms with Crippen LogP contribution in [0.25, 0.3) is 0 Å². The first kappa shape index (κ1) is 12.5. The Morgan fingerprint density at radius 2 is 2.28 bits per heavy atom. The Kier molecular flexibility index (Phi) is 3.59. The average molecular weight is 252 g/mol. The molecule has 0 spiro atoms. The number of carbonyl (C=O) groups is 2. The van der Waals surface area contributed by atoms with Crippen LogP contribution in [0.5, 0.6) is 0 Å². The zero-order valence-electron chi connectivity index (χ0n) is 10.2. The summed E-state index contributed by atoms with van der Waals surface area (Å²) in [4.78, 5) is 28.4. The molecular weight excluding hydrogens is 236 g/mol. The number of carbonyl (C=O) groups excluding carboxylic acids is 1. The Balaban J connectivity index is 1.94. The molecule has 2 rings (SSSR count). The van der Waals surface area contributed by atoms with E-state index in [2.05, 4.69) is 10.1 Å². The molecule has 7 heteroatoms. The lowest BCUT2D eigenvalue weighted by molar-refractivity contribution is -0.149. The summed E-state index contributed by atoms with van der Waals surface area (Å²) in [6.45, 7) is 2.81. The van der Waals surface area contributed by atoms with E-state index in [1.54, 1.807) is 4.68 Å². The third-order valence-corrected chi connectivity index (χ3v) is 3.29. The lowest BCUT2D eigenvalue weighted by Crippen LogP contribution is -2.43. The molecule has 0 radical (unpaired) electrons. The van der Waals surface area contributed by atoms with Crippen molar-refractivity contribution in [2.45, 2.75) is 32.4 Å². The Hall–Kier alpha value is -1.92. The summed E-state index contributed by atoms with van der Waals surface area (Å²) >= 11 is 0. The lowest BCUT2D eigenvalue weighted by Gasteiger charge is -2.23. The van der Waals surface area contributed by atoms with Gasteiger partial charge in [-0.05, 0) is 12.3 Å². The Bertz CT molecular complexity index is 432. The van der Waals surface area contributed by atoms with E-state index in [0.29, 0.717) is 13.1 Å². The molecule has 1 amide bonds. The summed E-state index contributed by atoms with van der Waals surface area (Å²) < 4.78 is 1.56. The van der Waals surface area contributed by atoms with Crippen LogP contribution in [0.3, 0.4) is 0 Å². The van der Waals surface area contributed by atoms with Gasteiger partial charge in [-0.15, -0.1) is 0 Å². The van der Waals surface area contributed by atoms with Crippen molar-refractivity contribution in [3.05, 3.63) is 12.7 Å². The minimum Gasteiger partial charge on any atom is -0.480 e. The standard InChI is InChI=1S/C11H16N4O3/c1-8-2-5-15(10(8)11(17)18)9(16)3-4-14-7-12-6-13-14/h6-8,10H,2-5H2,1H3,(H,17,18). The summed E-state index contributed by atoms with van der Waals surface area (Å²) in [6.07, 6.45) is 3.93. The van der Waals surface area contributed by atoms with Gasteiger partial charge in [0.05, 0.1) is 6.54 Å². The largest absolute Gasteiger partial charge is 0.480 e. The molecular formula is C11H16N4O3. The summed E-state index contributed by atoms with van der Waals surface area (Å²) in [5.41, 5.74) is 0. The van der Waals surface area contributed by atoms with Crippen molar-refractivity contribution in [2.24, 2.45) is 5.92 Å². The van der Waals surface area contributed by atoms with E-state index in [0.717, 1.165) is 6.42 Å². The van der Waals surface area contributed by atoms with Gasteiger partial charge in [-0.1, -0.05) is 6.92 Å². The van der Waals surface area contributed by atoms with Crippen LogP contribution in [-0.4, -0.2) is 49.2 Å². The van der Waals surface area contributed by atoms with Crippen molar-refractivity contribution in [3.8, 4) is 0 Å². The zero-order chi connectivity index (χ0) is 13.1. The monoisotopic (exact) mass is 252 g/mol. The zero-order valence-corrected chi connectivity index (χ0v) is 10.2. The van der Waals surface area contributed by atoms with Crippen molar-refractivity contribution in [2.75, 3.05) is 6.54 Å². The van der Waals surface area contributed by atoms with Gasteiger partial charge in [0.25, 0.3) is 0 Å². The quantitative estimate of drug-likeness (QED) is 0.814. The normalized spacial score (nSPS) is 23.3. The minimum absolute atomic E-state index is 0.0119. The van der Waals surface area contributed by atoms with Gasteiger partial charge in [0.15, 0.2) is 0 Å². The highest BCUT2D eigenvalue weighted by atomic mass is 16.4. The number of nitrogens with zero attached hydrogens (tertiary/aromatic N) is 4. The molecule has 98 valence electrons. The number of amides is 1. The fourth-order valence-corrected chi connectivity index (χ4v) is 2.31. The first-order valence-electron chi connectivity index (χ1n) is 5.94. The second-order valence-electron chi connectivity index (χ2n) is 4.54. The second kappa shape index (κ2) is 5.16. The number of aryl methyl sites for hydroxylation is 1. The van der Waals surface area contributed by atoms with Crippen LogP contribution in [0.2, 0.25) is 0 Å². The maximum atomic E-state index is 12.0. The van der Waals surface area contributed by atoms with Crippen LogP contribution in [-0.2, 0) is 16.1 Å². The van der Waals surface area contributed by atoms with Crippen molar-refractivity contribution < 1.29 is 14.7 Å². The summed E-state index contributed by atoms with van der Waals surface area (Å²) in [5.74, 6) is -1.05. The Labute approximate surface area is 104 Å². The summed E-state index contributed by atoms with van der Waals surface area (Å²) in [7, 11) is 0. The highest BCUT2D eigenvalue weighted by Crippen LogP contribution is 2.24. The molecule has 7 nitrogen and oxygen atoms in total. The summed E-state index contributed by atoms with van der Waals surface area (Å²) in [6, 6.07) is -0.687. The predicted octanol–water partition coefficient (Wildman–Crippen LogP) is -0.0102. The Morgan fingerprint density at radius 3 is 2.89 bits per heavy atom. The van der Waals surface area contributed by atoms with Gasteiger partial charge in [0, 0.05) is 13.0 Å². The molecule has 0 bridgehead atoms. The van der Waals surface area contributed by atoms with E-state index < -0.39 is 12.0 Å². The van der Waals surface area contributed by atoms with Crippen molar-refractivity contribution in [3.63, 3.8) is 0 Å². The van der Waals surface area contributed by atoms with Gasteiger partial charge in [-0.2, -0.15) is 5.10 Å². The number of hydrogen-bond acceptors (Lipinski definition) is 4. The highest BCUT2D eigenvalue weighted by molar-refractivity contribution is 5.84. The maximum absolute atomic E-state index is 12.0. The minimum atomic E-state index is -0.922. The molecule has 2 unspecified atom stereocenters. The van der Waals surface area contributed by atoms with Crippen LogP contribution >= 0.6 is 0 Å². The Morgan fingerprint density at radius 1 is 1.50 bits per heavy atom. The first-order valence-corrected chi connectivity index (χ1v) is 5.94. The van der Waals surface area contributed by atoms with Crippen LogP contribution in [0, 0.1) is 5.92 Å². The molecule has 1 fully saturated rings. The van der Waals surface area contributed by atoms with Crippen molar-refractivity contribution >= 4 is 11.9 Å². The van der Waals surface area contributed by atoms with Crippen LogP contribution in [0.1, 0.15) is 19.8 Å². The van der Waals surface area contributed by atoms with Gasteiger partial charge in [0.2, 0.25) is 5.91 Å². The molecule has 2 atom stereocenters. The highest BCUT2D eigenvalue weighted by Gasteiger charge is 2.39. The van der Waals surface area contributed by atoms with Gasteiger partial charge in [-0.25, -0.2) is 9.78 Å². The average Bonchev–Trinajstić information content (AvgIpc) is 2.94. The third-order valence-electron chi connectivity index (χ3n) is 3.29. The molecule has 0 aromatic carbocycles. The van der Waals surface area contributed by atoms with E-state index in [1.165, 1.54) is 17.6 Å². The molecule has 1 aliphatic rings. The summed E-state index contributed by atoms with van der Waals surface area (Å²) in [5, 5.41) is 13.0. The smallest absolute Gasteiger partial charge is 0.326 e. The maximum Gasteiger partial charge on any atom is 0.326 e. The van der Waals surface area contributed by atoms with Crippen LogP contribution in [0.15, 0.2) is 12.7 Å². The van der Waals surface area contributed by atoms with Gasteiger partial charge in [-0.3, -0.25) is 9.48 Å². The topological polar surface area (TPSA) is 88.3 Å².